The predicted molar refractivity (Wildman–Crippen MR) is 85.6 cm³/mol. The minimum Gasteiger partial charge on any atom is -0.454 e. The first-order valence-corrected chi connectivity index (χ1v) is 7.73. The van der Waals surface area contributed by atoms with Crippen LogP contribution >= 0.6 is 0 Å². The Morgan fingerprint density at radius 2 is 1.83 bits per heavy atom. The first-order valence-electron chi connectivity index (χ1n) is 7.73. The molecule has 0 atom stereocenters. The standard InChI is InChI=1S/C18H15NO5/c20-17-2-1-9-19(17)13-5-3-12(4-6-13)18(21)24-14-7-8-15-16(10-14)23-11-22-15/h3-8,10H,1-2,9,11H2. The average Bonchev–Trinajstić information content (AvgIpc) is 3.23. The van der Waals surface area contributed by atoms with Crippen LogP contribution in [-0.2, 0) is 4.79 Å². The second-order valence-electron chi connectivity index (χ2n) is 5.60. The van der Waals surface area contributed by atoms with Gasteiger partial charge in [0.15, 0.2) is 11.5 Å². The van der Waals surface area contributed by atoms with Crippen molar-refractivity contribution < 1.29 is 23.8 Å². The minimum absolute atomic E-state index is 0.116. The summed E-state index contributed by atoms with van der Waals surface area (Å²) in [5.41, 5.74) is 1.22. The van der Waals surface area contributed by atoms with Crippen LogP contribution < -0.4 is 19.1 Å². The smallest absolute Gasteiger partial charge is 0.343 e. The lowest BCUT2D eigenvalue weighted by Crippen LogP contribution is -2.23. The van der Waals surface area contributed by atoms with Gasteiger partial charge >= 0.3 is 5.97 Å². The van der Waals surface area contributed by atoms with E-state index in [0.29, 0.717) is 29.2 Å². The average molecular weight is 325 g/mol. The van der Waals surface area contributed by atoms with Crippen molar-refractivity contribution in [2.45, 2.75) is 12.8 Å². The quantitative estimate of drug-likeness (QED) is 0.641. The number of hydrogen-bond donors (Lipinski definition) is 0. The fourth-order valence-corrected chi connectivity index (χ4v) is 2.80. The van der Waals surface area contributed by atoms with Crippen LogP contribution in [-0.4, -0.2) is 25.2 Å². The molecular weight excluding hydrogens is 310 g/mol. The van der Waals surface area contributed by atoms with Crippen LogP contribution in [0.3, 0.4) is 0 Å². The molecule has 0 N–H and O–H groups in total. The molecule has 1 amide bonds. The number of ether oxygens (including phenoxy) is 3. The third-order valence-electron chi connectivity index (χ3n) is 4.04. The molecule has 6 heteroatoms. The highest BCUT2D eigenvalue weighted by molar-refractivity contribution is 5.96. The van der Waals surface area contributed by atoms with Crippen LogP contribution in [0.25, 0.3) is 0 Å². The molecule has 0 aromatic heterocycles. The van der Waals surface area contributed by atoms with E-state index in [4.69, 9.17) is 14.2 Å². The molecule has 6 nitrogen and oxygen atoms in total. The topological polar surface area (TPSA) is 65.1 Å². The highest BCUT2D eigenvalue weighted by atomic mass is 16.7. The molecule has 2 aliphatic rings. The fraction of sp³-hybridized carbons (Fsp3) is 0.222. The number of carbonyl (C=O) groups is 2. The third kappa shape index (κ3) is 2.67. The van der Waals surface area contributed by atoms with Gasteiger partial charge in [-0.1, -0.05) is 0 Å². The van der Waals surface area contributed by atoms with Gasteiger partial charge in [-0.25, -0.2) is 4.79 Å². The number of nitrogens with zero attached hydrogens (tertiary/aromatic N) is 1. The van der Waals surface area contributed by atoms with Crippen molar-refractivity contribution in [3.8, 4) is 17.2 Å². The van der Waals surface area contributed by atoms with Crippen LogP contribution in [0.15, 0.2) is 42.5 Å². The van der Waals surface area contributed by atoms with E-state index in [1.165, 1.54) is 0 Å². The number of benzene rings is 2. The van der Waals surface area contributed by atoms with Gasteiger partial charge in [0, 0.05) is 24.7 Å². The maximum atomic E-state index is 12.2. The van der Waals surface area contributed by atoms with Gasteiger partial charge in [0.1, 0.15) is 5.75 Å². The Bertz CT molecular complexity index is 800. The molecule has 0 radical (unpaired) electrons. The Morgan fingerprint density at radius 3 is 2.58 bits per heavy atom. The second kappa shape index (κ2) is 5.88. The number of fused-ring (bicyclic) bond motifs is 1. The Kier molecular flexibility index (Phi) is 3.57. The number of hydrogen-bond acceptors (Lipinski definition) is 5. The van der Waals surface area contributed by atoms with E-state index in [2.05, 4.69) is 0 Å². The lowest BCUT2D eigenvalue weighted by atomic mass is 10.2. The summed E-state index contributed by atoms with van der Waals surface area (Å²) in [5.74, 6) is 1.24. The molecule has 2 aliphatic heterocycles. The third-order valence-corrected chi connectivity index (χ3v) is 4.04. The first-order chi connectivity index (χ1) is 11.7. The van der Waals surface area contributed by atoms with Gasteiger partial charge in [-0.3, -0.25) is 4.79 Å². The van der Waals surface area contributed by atoms with E-state index in [1.807, 2.05) is 0 Å². The van der Waals surface area contributed by atoms with Gasteiger partial charge in [0.25, 0.3) is 0 Å². The summed E-state index contributed by atoms with van der Waals surface area (Å²) in [4.78, 5) is 25.7. The van der Waals surface area contributed by atoms with Crippen LogP contribution in [0, 0.1) is 0 Å². The number of rotatable bonds is 3. The van der Waals surface area contributed by atoms with E-state index in [1.54, 1.807) is 47.4 Å². The summed E-state index contributed by atoms with van der Waals surface area (Å²) >= 11 is 0. The van der Waals surface area contributed by atoms with E-state index in [9.17, 15) is 9.59 Å². The van der Waals surface area contributed by atoms with Crippen molar-refractivity contribution in [1.82, 2.24) is 0 Å². The van der Waals surface area contributed by atoms with Crippen LogP contribution in [0.1, 0.15) is 23.2 Å². The molecule has 2 aromatic rings. The number of amides is 1. The molecule has 122 valence electrons. The highest BCUT2D eigenvalue weighted by Crippen LogP contribution is 2.35. The maximum absolute atomic E-state index is 12.2. The summed E-state index contributed by atoms with van der Waals surface area (Å²) < 4.78 is 15.8. The van der Waals surface area contributed by atoms with Crippen LogP contribution in [0.2, 0.25) is 0 Å². The molecular formula is C18H15NO5. The zero-order valence-corrected chi connectivity index (χ0v) is 12.9. The molecule has 24 heavy (non-hydrogen) atoms. The SMILES string of the molecule is O=C(Oc1ccc2c(c1)OCO2)c1ccc(N2CCCC2=O)cc1. The monoisotopic (exact) mass is 325 g/mol. The van der Waals surface area contributed by atoms with Crippen molar-refractivity contribution >= 4 is 17.6 Å². The van der Waals surface area contributed by atoms with Gasteiger partial charge in [-0.05, 0) is 42.8 Å². The van der Waals surface area contributed by atoms with E-state index in [0.717, 1.165) is 18.7 Å². The van der Waals surface area contributed by atoms with Crippen molar-refractivity contribution in [3.05, 3.63) is 48.0 Å². The molecule has 2 heterocycles. The molecule has 0 saturated carbocycles. The Labute approximate surface area is 138 Å². The largest absolute Gasteiger partial charge is 0.454 e. The Balaban J connectivity index is 1.47. The second-order valence-corrected chi connectivity index (χ2v) is 5.60. The number of esters is 1. The Morgan fingerprint density at radius 1 is 1.04 bits per heavy atom. The van der Waals surface area contributed by atoms with Gasteiger partial charge in [-0.2, -0.15) is 0 Å². The molecule has 1 fully saturated rings. The van der Waals surface area contributed by atoms with Gasteiger partial charge in [0.2, 0.25) is 12.7 Å². The van der Waals surface area contributed by atoms with Crippen molar-refractivity contribution in [1.29, 1.82) is 0 Å². The van der Waals surface area contributed by atoms with Crippen LogP contribution in [0.5, 0.6) is 17.2 Å². The molecule has 0 aliphatic carbocycles. The van der Waals surface area contributed by atoms with Gasteiger partial charge < -0.3 is 19.1 Å². The molecule has 4 rings (SSSR count). The Hall–Kier alpha value is -3.02. The van der Waals surface area contributed by atoms with Crippen molar-refractivity contribution in [3.63, 3.8) is 0 Å². The zero-order valence-electron chi connectivity index (χ0n) is 12.9. The lowest BCUT2D eigenvalue weighted by Gasteiger charge is -2.15. The summed E-state index contributed by atoms with van der Waals surface area (Å²) in [6.45, 7) is 0.892. The zero-order chi connectivity index (χ0) is 16.5. The fourth-order valence-electron chi connectivity index (χ4n) is 2.80. The van der Waals surface area contributed by atoms with Gasteiger partial charge in [0.05, 0.1) is 5.56 Å². The maximum Gasteiger partial charge on any atom is 0.343 e. The number of carbonyl (C=O) groups excluding carboxylic acids is 2. The molecule has 0 spiro atoms. The van der Waals surface area contributed by atoms with E-state index >= 15 is 0 Å². The lowest BCUT2D eigenvalue weighted by molar-refractivity contribution is -0.117. The number of anilines is 1. The predicted octanol–water partition coefficient (Wildman–Crippen LogP) is 2.76. The molecule has 0 bridgehead atoms. The molecule has 2 aromatic carbocycles. The summed E-state index contributed by atoms with van der Waals surface area (Å²) in [6, 6.07) is 11.8. The summed E-state index contributed by atoms with van der Waals surface area (Å²) in [7, 11) is 0. The van der Waals surface area contributed by atoms with Crippen LogP contribution in [0.4, 0.5) is 5.69 Å². The molecule has 0 unspecified atom stereocenters. The van der Waals surface area contributed by atoms with Gasteiger partial charge in [-0.15, -0.1) is 0 Å². The highest BCUT2D eigenvalue weighted by Gasteiger charge is 2.22. The summed E-state index contributed by atoms with van der Waals surface area (Å²) in [5, 5.41) is 0. The molecule has 1 saturated heterocycles. The summed E-state index contributed by atoms with van der Waals surface area (Å²) in [6.07, 6.45) is 1.45. The minimum atomic E-state index is -0.465. The normalized spacial score (nSPS) is 15.7. The van der Waals surface area contributed by atoms with E-state index in [-0.39, 0.29) is 12.7 Å². The van der Waals surface area contributed by atoms with E-state index < -0.39 is 5.97 Å². The van der Waals surface area contributed by atoms with Crippen molar-refractivity contribution in [2.24, 2.45) is 0 Å². The first kappa shape index (κ1) is 14.6. The van der Waals surface area contributed by atoms with Crippen molar-refractivity contribution in [2.75, 3.05) is 18.2 Å².